The number of hydrogen-bond acceptors (Lipinski definition) is 4. The number of rotatable bonds is 3. The third-order valence-electron chi connectivity index (χ3n) is 2.47. The van der Waals surface area contributed by atoms with Gasteiger partial charge >= 0.3 is 0 Å². The van der Waals surface area contributed by atoms with Gasteiger partial charge in [-0.15, -0.1) is 24.8 Å². The van der Waals surface area contributed by atoms with Crippen LogP contribution in [0.2, 0.25) is 0 Å². The first kappa shape index (κ1) is 16.3. The minimum Gasteiger partial charge on any atom is -0.489 e. The molecule has 1 aliphatic heterocycles. The Labute approximate surface area is 114 Å². The quantitative estimate of drug-likeness (QED) is 0.921. The molecule has 0 bridgehead atoms. The van der Waals surface area contributed by atoms with Crippen LogP contribution in [0.4, 0.5) is 0 Å². The zero-order valence-corrected chi connectivity index (χ0v) is 11.4. The van der Waals surface area contributed by atoms with Crippen LogP contribution in [-0.2, 0) is 0 Å². The third kappa shape index (κ3) is 4.98. The van der Waals surface area contributed by atoms with Gasteiger partial charge in [0, 0.05) is 18.8 Å². The fourth-order valence-corrected chi connectivity index (χ4v) is 1.69. The van der Waals surface area contributed by atoms with E-state index in [4.69, 9.17) is 9.47 Å². The molecule has 1 atom stereocenters. The summed E-state index contributed by atoms with van der Waals surface area (Å²) in [4.78, 5) is 4.03. The summed E-state index contributed by atoms with van der Waals surface area (Å²) in [6.45, 7) is 2.02. The second kappa shape index (κ2) is 8.39. The molecule has 6 heteroatoms. The van der Waals surface area contributed by atoms with Gasteiger partial charge in [0.2, 0.25) is 5.88 Å². The van der Waals surface area contributed by atoms with Crippen molar-refractivity contribution in [3.05, 3.63) is 18.3 Å². The Kier molecular flexibility index (Phi) is 8.04. The summed E-state index contributed by atoms with van der Waals surface area (Å²) in [5, 5.41) is 3.31. The lowest BCUT2D eigenvalue weighted by Crippen LogP contribution is -2.37. The number of pyridine rings is 1. The average molecular weight is 281 g/mol. The van der Waals surface area contributed by atoms with Crippen LogP contribution in [0.15, 0.2) is 18.3 Å². The lowest BCUT2D eigenvalue weighted by molar-refractivity contribution is 0.166. The highest BCUT2D eigenvalue weighted by molar-refractivity contribution is 5.85. The Hall–Kier alpha value is -0.710. The summed E-state index contributed by atoms with van der Waals surface area (Å²) in [6, 6.07) is 3.67. The highest BCUT2D eigenvalue weighted by Gasteiger charge is 2.14. The lowest BCUT2D eigenvalue weighted by atomic mass is 10.1. The number of aromatic nitrogens is 1. The van der Waals surface area contributed by atoms with Gasteiger partial charge in [-0.3, -0.25) is 0 Å². The van der Waals surface area contributed by atoms with E-state index >= 15 is 0 Å². The van der Waals surface area contributed by atoms with Crippen LogP contribution in [0.25, 0.3) is 0 Å². The molecule has 0 spiro atoms. The van der Waals surface area contributed by atoms with Crippen LogP contribution in [0.5, 0.6) is 11.6 Å². The second-order valence-corrected chi connectivity index (χ2v) is 3.62. The molecule has 2 rings (SSSR count). The predicted molar refractivity (Wildman–Crippen MR) is 71.8 cm³/mol. The topological polar surface area (TPSA) is 43.4 Å². The minimum atomic E-state index is 0. The molecular formula is C11H18Cl2N2O2. The van der Waals surface area contributed by atoms with Gasteiger partial charge in [0.15, 0.2) is 0 Å². The van der Waals surface area contributed by atoms with Crippen molar-refractivity contribution >= 4 is 24.8 Å². The standard InChI is InChI=1S/C11H16N2O2.2ClH/c1-14-11-7-9(4-6-13-11)15-10-3-2-5-12-8-10;;/h4,6-7,10,12H,2-3,5,8H2,1H3;2*1H. The summed E-state index contributed by atoms with van der Waals surface area (Å²) in [5.74, 6) is 1.42. The minimum absolute atomic E-state index is 0. The molecule has 1 N–H and O–H groups in total. The maximum absolute atomic E-state index is 5.82. The summed E-state index contributed by atoms with van der Waals surface area (Å²) in [7, 11) is 1.61. The molecule has 0 amide bonds. The zero-order valence-electron chi connectivity index (χ0n) is 9.72. The van der Waals surface area contributed by atoms with E-state index in [0.717, 1.165) is 25.3 Å². The van der Waals surface area contributed by atoms with Crippen molar-refractivity contribution in [1.29, 1.82) is 0 Å². The number of nitrogens with zero attached hydrogens (tertiary/aromatic N) is 1. The fraction of sp³-hybridized carbons (Fsp3) is 0.545. The van der Waals surface area contributed by atoms with E-state index in [-0.39, 0.29) is 30.9 Å². The second-order valence-electron chi connectivity index (χ2n) is 3.62. The molecule has 2 heterocycles. The maximum Gasteiger partial charge on any atom is 0.216 e. The van der Waals surface area contributed by atoms with Crippen LogP contribution >= 0.6 is 24.8 Å². The monoisotopic (exact) mass is 280 g/mol. The van der Waals surface area contributed by atoms with Crippen molar-refractivity contribution in [3.8, 4) is 11.6 Å². The summed E-state index contributed by atoms with van der Waals surface area (Å²) in [5.41, 5.74) is 0. The Morgan fingerprint density at radius 3 is 2.88 bits per heavy atom. The van der Waals surface area contributed by atoms with E-state index < -0.39 is 0 Å². The molecule has 4 nitrogen and oxygen atoms in total. The van der Waals surface area contributed by atoms with Gasteiger partial charge in [0.25, 0.3) is 0 Å². The predicted octanol–water partition coefficient (Wildman–Crippen LogP) is 2.06. The molecule has 0 saturated carbocycles. The molecule has 1 aliphatic rings. The molecule has 1 unspecified atom stereocenters. The first-order valence-corrected chi connectivity index (χ1v) is 5.26. The third-order valence-corrected chi connectivity index (χ3v) is 2.47. The largest absolute Gasteiger partial charge is 0.489 e. The number of ether oxygens (including phenoxy) is 2. The SMILES string of the molecule is COc1cc(OC2CCCNC2)ccn1.Cl.Cl. The first-order valence-electron chi connectivity index (χ1n) is 5.26. The lowest BCUT2D eigenvalue weighted by Gasteiger charge is -2.23. The summed E-state index contributed by atoms with van der Waals surface area (Å²) >= 11 is 0. The number of hydrogen-bond donors (Lipinski definition) is 1. The Balaban J connectivity index is 0.00000128. The molecule has 0 aromatic carbocycles. The van der Waals surface area contributed by atoms with E-state index in [1.807, 2.05) is 12.1 Å². The van der Waals surface area contributed by atoms with Crippen LogP contribution < -0.4 is 14.8 Å². The molecule has 1 fully saturated rings. The van der Waals surface area contributed by atoms with Crippen molar-refractivity contribution < 1.29 is 9.47 Å². The van der Waals surface area contributed by atoms with Crippen LogP contribution in [0, 0.1) is 0 Å². The van der Waals surface area contributed by atoms with Gasteiger partial charge in [0.05, 0.1) is 7.11 Å². The molecule has 1 saturated heterocycles. The summed E-state index contributed by atoms with van der Waals surface area (Å²) in [6.07, 6.45) is 4.25. The fourth-order valence-electron chi connectivity index (χ4n) is 1.69. The molecule has 17 heavy (non-hydrogen) atoms. The molecule has 98 valence electrons. The Morgan fingerprint density at radius 1 is 1.41 bits per heavy atom. The number of methoxy groups -OCH3 is 1. The van der Waals surface area contributed by atoms with Gasteiger partial charge in [0.1, 0.15) is 11.9 Å². The number of halogens is 2. The summed E-state index contributed by atoms with van der Waals surface area (Å²) < 4.78 is 10.9. The Morgan fingerprint density at radius 2 is 2.24 bits per heavy atom. The number of piperidine rings is 1. The first-order chi connectivity index (χ1) is 7.38. The highest BCUT2D eigenvalue weighted by atomic mass is 35.5. The smallest absolute Gasteiger partial charge is 0.216 e. The average Bonchev–Trinajstić information content (AvgIpc) is 2.31. The molecule has 0 aliphatic carbocycles. The van der Waals surface area contributed by atoms with E-state index in [2.05, 4.69) is 10.3 Å². The normalized spacial score (nSPS) is 18.5. The van der Waals surface area contributed by atoms with Gasteiger partial charge in [-0.05, 0) is 25.5 Å². The molecule has 1 aromatic heterocycles. The molecular weight excluding hydrogens is 263 g/mol. The van der Waals surface area contributed by atoms with E-state index in [0.29, 0.717) is 5.88 Å². The molecule has 0 radical (unpaired) electrons. The van der Waals surface area contributed by atoms with Crippen molar-refractivity contribution in [2.24, 2.45) is 0 Å². The Bertz CT molecular complexity index is 320. The van der Waals surface area contributed by atoms with Crippen LogP contribution in [0.3, 0.4) is 0 Å². The van der Waals surface area contributed by atoms with Gasteiger partial charge < -0.3 is 14.8 Å². The molecule has 1 aromatic rings. The van der Waals surface area contributed by atoms with E-state index in [1.54, 1.807) is 13.3 Å². The van der Waals surface area contributed by atoms with Crippen LogP contribution in [-0.4, -0.2) is 31.3 Å². The van der Waals surface area contributed by atoms with Gasteiger partial charge in [-0.2, -0.15) is 0 Å². The van der Waals surface area contributed by atoms with Crippen LogP contribution in [0.1, 0.15) is 12.8 Å². The van der Waals surface area contributed by atoms with Crippen molar-refractivity contribution in [2.75, 3.05) is 20.2 Å². The maximum atomic E-state index is 5.82. The van der Waals surface area contributed by atoms with Crippen molar-refractivity contribution in [1.82, 2.24) is 10.3 Å². The van der Waals surface area contributed by atoms with Gasteiger partial charge in [-0.25, -0.2) is 4.98 Å². The van der Waals surface area contributed by atoms with Gasteiger partial charge in [-0.1, -0.05) is 0 Å². The van der Waals surface area contributed by atoms with E-state index in [9.17, 15) is 0 Å². The highest BCUT2D eigenvalue weighted by Crippen LogP contribution is 2.19. The van der Waals surface area contributed by atoms with Crippen molar-refractivity contribution in [2.45, 2.75) is 18.9 Å². The van der Waals surface area contributed by atoms with Crippen molar-refractivity contribution in [3.63, 3.8) is 0 Å². The van der Waals surface area contributed by atoms with E-state index in [1.165, 1.54) is 6.42 Å². The number of nitrogens with one attached hydrogen (secondary N) is 1. The zero-order chi connectivity index (χ0) is 10.5.